The van der Waals surface area contributed by atoms with Gasteiger partial charge in [-0.3, -0.25) is 9.59 Å². The molecule has 0 saturated carbocycles. The minimum absolute atomic E-state index is 0.839. The topological polar surface area (TPSA) is 542 Å². The van der Waals surface area contributed by atoms with Gasteiger partial charge in [-0.1, -0.05) is 0 Å². The van der Waals surface area contributed by atoms with Crippen molar-refractivity contribution in [3.8, 4) is 0 Å². The van der Waals surface area contributed by atoms with Crippen LogP contribution in [0.2, 0.25) is 0 Å². The van der Waals surface area contributed by atoms with Crippen molar-refractivity contribution in [1.82, 2.24) is 10.6 Å². The van der Waals surface area contributed by atoms with Gasteiger partial charge in [0.2, 0.25) is 11.8 Å². The third-order valence-corrected chi connectivity index (χ3v) is 15.2. The smallest absolute Gasteiger partial charge is 0.217 e. The van der Waals surface area contributed by atoms with Crippen molar-refractivity contribution in [3.05, 3.63) is 0 Å². The Hall–Kier alpha value is -2.30. The predicted octanol–water partition coefficient (Wildman–Crippen LogP) is -12.9. The molecule has 1 unspecified atom stereocenters. The molecule has 35 atom stereocenters. The summed E-state index contributed by atoms with van der Waals surface area (Å²) in [6, 6.07) is -3.70. The fraction of sp³-hybridized carbons (Fsp3) is 0.957. The average Bonchev–Trinajstić information content (AvgIpc) is 3.59. The Labute approximate surface area is 460 Å². The summed E-state index contributed by atoms with van der Waals surface area (Å²) in [5.74, 6) is -1.77. The Morgan fingerprint density at radius 3 is 1.17 bits per heavy atom. The number of aliphatic hydroxyl groups excluding tert-OH is 18. The van der Waals surface area contributed by atoms with E-state index in [9.17, 15) is 102 Å². The third kappa shape index (κ3) is 14.3. The summed E-state index contributed by atoms with van der Waals surface area (Å²) in [5.41, 5.74) is 0. The molecule has 20 N–H and O–H groups in total. The molecule has 35 nitrogen and oxygen atoms in total. The highest BCUT2D eigenvalue weighted by Gasteiger charge is 2.59. The van der Waals surface area contributed by atoms with Gasteiger partial charge < -0.3 is 164 Å². The Balaban J connectivity index is 1.30. The number of aliphatic hydroxyl groups is 18. The van der Waals surface area contributed by atoms with Crippen molar-refractivity contribution in [1.29, 1.82) is 0 Å². The molecule has 0 radical (unpaired) electrons. The molecule has 81 heavy (non-hydrogen) atoms. The maximum atomic E-state index is 13.4. The van der Waals surface area contributed by atoms with Gasteiger partial charge in [0, 0.05) is 13.8 Å². The second-order valence-corrected chi connectivity index (χ2v) is 21.0. The number of hydrogen-bond acceptors (Lipinski definition) is 33. The first-order valence-electron chi connectivity index (χ1n) is 26.2. The first-order valence-corrected chi connectivity index (χ1v) is 26.2. The summed E-state index contributed by atoms with van der Waals surface area (Å²) >= 11 is 0. The van der Waals surface area contributed by atoms with E-state index in [1.807, 2.05) is 0 Å². The lowest BCUT2D eigenvalue weighted by Gasteiger charge is -2.52. The molecular weight excluding hydrogens is 1110 g/mol. The number of carbonyl (C=O) groups is 2. The van der Waals surface area contributed by atoms with Crippen molar-refractivity contribution < 1.29 is 163 Å². The van der Waals surface area contributed by atoms with Gasteiger partial charge in [-0.05, 0) is 20.8 Å². The SMILES string of the molecule is CC(=O)N[C@H]1[C@H](O[C@H]2[C@H](O[C@@H]3O[C@@H](C)[C@@H](O)[C@@H](O)[C@@H]3O)[C@@H](NC(C)=O)C(O)O[C@@H]2CO[C@@H]2O[C@@H](C)[C@@H](O)[C@@H](O)[C@@H]2O)O[C@H](CO)[C@@H](O[C@@H]2O[C@H](CO)[C@@H](O)[C@H](O[C@H]3O[C@H](CO)[C@@H](O)[C@H](O)[C@@H]3O)[C@@H]2O)[C@@H]1O[C@@H]1O[C@@H](C)[C@@H](O)[C@@H](O)[C@@H]1O. The van der Waals surface area contributed by atoms with Crippen LogP contribution in [0.4, 0.5) is 0 Å². The van der Waals surface area contributed by atoms with Gasteiger partial charge in [0.05, 0.1) is 44.7 Å². The summed E-state index contributed by atoms with van der Waals surface area (Å²) in [6.07, 6.45) is -61.8. The van der Waals surface area contributed by atoms with Crippen LogP contribution >= 0.6 is 0 Å². The van der Waals surface area contributed by atoms with Gasteiger partial charge >= 0.3 is 0 Å². The Kier molecular flexibility index (Phi) is 22.9. The molecule has 7 saturated heterocycles. The van der Waals surface area contributed by atoms with E-state index in [1.54, 1.807) is 0 Å². The van der Waals surface area contributed by atoms with E-state index in [1.165, 1.54) is 20.8 Å². The zero-order valence-corrected chi connectivity index (χ0v) is 44.2. The fourth-order valence-electron chi connectivity index (χ4n) is 10.5. The molecule has 0 bridgehead atoms. The predicted molar refractivity (Wildman–Crippen MR) is 251 cm³/mol. The lowest BCUT2D eigenvalue weighted by Crippen LogP contribution is -2.72. The highest BCUT2D eigenvalue weighted by Crippen LogP contribution is 2.39. The minimum Gasteiger partial charge on any atom is -0.394 e. The van der Waals surface area contributed by atoms with Crippen molar-refractivity contribution in [2.24, 2.45) is 0 Å². The summed E-state index contributed by atoms with van der Waals surface area (Å²) in [5, 5.41) is 200. The van der Waals surface area contributed by atoms with Gasteiger partial charge in [0.15, 0.2) is 44.0 Å². The van der Waals surface area contributed by atoms with Crippen LogP contribution in [0.1, 0.15) is 34.6 Å². The van der Waals surface area contributed by atoms with Gasteiger partial charge in [0.1, 0.15) is 152 Å². The molecule has 2 amide bonds. The van der Waals surface area contributed by atoms with E-state index in [2.05, 4.69) is 10.6 Å². The van der Waals surface area contributed by atoms with Crippen molar-refractivity contribution in [2.75, 3.05) is 26.4 Å². The highest BCUT2D eigenvalue weighted by atomic mass is 16.8. The molecule has 7 aliphatic heterocycles. The third-order valence-electron chi connectivity index (χ3n) is 15.2. The van der Waals surface area contributed by atoms with Crippen LogP contribution in [0, 0.1) is 0 Å². The first kappa shape index (κ1) is 66.2. The van der Waals surface area contributed by atoms with E-state index < -0.39 is 253 Å². The van der Waals surface area contributed by atoms with Gasteiger partial charge in [-0.25, -0.2) is 0 Å². The number of ether oxygens (including phenoxy) is 13. The van der Waals surface area contributed by atoms with E-state index in [-0.39, 0.29) is 0 Å². The standard InChI is InChI=1S/C46H78N2O33/c1-10-21(54)26(59)30(63)42(70-10)69-9-18-36(37(19(40(68)73-18)47-13(4)52)79-43-31(64)27(60)22(55)11(2)71-43)77-41-20(48-14(5)53)38(80-44-32(65)28(61)23(56)12(3)72-44)35(17(8-51)76-41)78-46-34(67)39(25(58)16(7-50)75-46)81-45-33(66)29(62)24(57)15(6-49)74-45/h10-12,15-46,49-51,54-68H,6-9H2,1-5H3,(H,47,52)(H,48,53)/t10-,11-,12-,15+,16+,17+,18+,19+,20+,21+,22+,23+,24+,25+,26+,27+,28+,29-,30-,31-,32-,33-,34-,35+,36+,37+,38+,39-,40?,41-,42+,43-,44-,45+,46-/m0/s1. The van der Waals surface area contributed by atoms with E-state index in [0.29, 0.717) is 0 Å². The molecule has 35 heteroatoms. The van der Waals surface area contributed by atoms with E-state index >= 15 is 0 Å². The van der Waals surface area contributed by atoms with Crippen LogP contribution in [-0.4, -0.2) is 345 Å². The molecule has 7 fully saturated rings. The summed E-state index contributed by atoms with van der Waals surface area (Å²) < 4.78 is 77.6. The van der Waals surface area contributed by atoms with Crippen LogP contribution in [0.25, 0.3) is 0 Å². The zero-order valence-electron chi connectivity index (χ0n) is 44.2. The molecule has 7 aliphatic rings. The first-order chi connectivity index (χ1) is 38.1. The number of amides is 2. The number of hydrogen-bond donors (Lipinski definition) is 20. The van der Waals surface area contributed by atoms with Crippen molar-refractivity contribution in [2.45, 2.75) is 249 Å². The Bertz CT molecular complexity index is 2010. The zero-order chi connectivity index (χ0) is 59.8. The van der Waals surface area contributed by atoms with Crippen molar-refractivity contribution in [3.63, 3.8) is 0 Å². The van der Waals surface area contributed by atoms with Gasteiger partial charge in [-0.15, -0.1) is 0 Å². The fourth-order valence-corrected chi connectivity index (χ4v) is 10.5. The average molecular weight is 1190 g/mol. The number of carbonyl (C=O) groups excluding carboxylic acids is 2. The molecule has 470 valence electrons. The number of rotatable bonds is 18. The maximum Gasteiger partial charge on any atom is 0.217 e. The second-order valence-electron chi connectivity index (χ2n) is 21.0. The van der Waals surface area contributed by atoms with Gasteiger partial charge in [-0.2, -0.15) is 0 Å². The second kappa shape index (κ2) is 28.0. The molecule has 7 rings (SSSR count). The minimum atomic E-state index is -2.26. The summed E-state index contributed by atoms with van der Waals surface area (Å²) in [6.45, 7) is 1.96. The van der Waals surface area contributed by atoms with Crippen LogP contribution in [-0.2, 0) is 71.2 Å². The lowest BCUT2D eigenvalue weighted by atomic mass is 9.93. The van der Waals surface area contributed by atoms with Crippen LogP contribution in [0.15, 0.2) is 0 Å². The molecule has 0 aromatic carbocycles. The monoisotopic (exact) mass is 1190 g/mol. The van der Waals surface area contributed by atoms with E-state index in [4.69, 9.17) is 61.6 Å². The highest BCUT2D eigenvalue weighted by molar-refractivity contribution is 5.73. The molecule has 0 aromatic rings. The molecular formula is C46H78N2O33. The Morgan fingerprint density at radius 1 is 0.346 bits per heavy atom. The maximum absolute atomic E-state index is 13.4. The lowest BCUT2D eigenvalue weighted by molar-refractivity contribution is -0.396. The normalized spacial score (nSPS) is 51.8. The van der Waals surface area contributed by atoms with Crippen LogP contribution in [0.3, 0.4) is 0 Å². The molecule has 0 spiro atoms. The Morgan fingerprint density at radius 2 is 0.691 bits per heavy atom. The van der Waals surface area contributed by atoms with Gasteiger partial charge in [0.25, 0.3) is 0 Å². The quantitative estimate of drug-likeness (QED) is 0.0606. The number of nitrogens with one attached hydrogen (secondary N) is 2. The summed E-state index contributed by atoms with van der Waals surface area (Å²) in [4.78, 5) is 26.3. The van der Waals surface area contributed by atoms with Crippen LogP contribution in [0.5, 0.6) is 0 Å². The molecule has 7 heterocycles. The molecule has 0 aliphatic carbocycles. The van der Waals surface area contributed by atoms with E-state index in [0.717, 1.165) is 13.8 Å². The van der Waals surface area contributed by atoms with Crippen LogP contribution < -0.4 is 10.6 Å². The van der Waals surface area contributed by atoms with Crippen molar-refractivity contribution >= 4 is 11.8 Å². The largest absolute Gasteiger partial charge is 0.394 e. The summed E-state index contributed by atoms with van der Waals surface area (Å²) in [7, 11) is 0. The molecule has 0 aromatic heterocycles.